The summed E-state index contributed by atoms with van der Waals surface area (Å²) in [6.45, 7) is 10.3. The molecule has 2 rings (SSSR count). The lowest BCUT2D eigenvalue weighted by Gasteiger charge is -2.36. The van der Waals surface area contributed by atoms with E-state index in [0.29, 0.717) is 6.04 Å². The van der Waals surface area contributed by atoms with E-state index >= 15 is 0 Å². The Morgan fingerprint density at radius 3 is 2.69 bits per heavy atom. The van der Waals surface area contributed by atoms with Crippen LogP contribution in [0.25, 0.3) is 0 Å². The highest BCUT2D eigenvalue weighted by Gasteiger charge is 2.29. The Kier molecular flexibility index (Phi) is 4.22. The van der Waals surface area contributed by atoms with Crippen LogP contribution >= 0.6 is 0 Å². The van der Waals surface area contributed by atoms with E-state index in [9.17, 15) is 0 Å². The lowest BCUT2D eigenvalue weighted by atomic mass is 10.1. The third kappa shape index (κ3) is 2.40. The Bertz CT molecular complexity index is 246. The van der Waals surface area contributed by atoms with Gasteiger partial charge in [0.25, 0.3) is 0 Å². The van der Waals surface area contributed by atoms with Crippen LogP contribution in [0.2, 0.25) is 0 Å². The van der Waals surface area contributed by atoms with Crippen LogP contribution < -0.4 is 0 Å². The molecule has 0 bridgehead atoms. The van der Waals surface area contributed by atoms with Gasteiger partial charge in [0.05, 0.1) is 6.04 Å². The summed E-state index contributed by atoms with van der Waals surface area (Å²) < 4.78 is 0. The first-order valence-corrected chi connectivity index (χ1v) is 6.90. The number of hydrogen-bond donors (Lipinski definition) is 0. The zero-order valence-electron chi connectivity index (χ0n) is 10.8. The van der Waals surface area contributed by atoms with Crippen LogP contribution in [0.5, 0.6) is 0 Å². The molecule has 0 radical (unpaired) electrons. The first kappa shape index (κ1) is 11.9. The lowest BCUT2D eigenvalue weighted by Crippen LogP contribution is -2.49. The molecule has 2 heterocycles. The number of aliphatic imine (C=N–C) groups is 1. The minimum atomic E-state index is 0.595. The molecular weight excluding hydrogens is 198 g/mol. The molecule has 0 N–H and O–H groups in total. The van der Waals surface area contributed by atoms with Crippen LogP contribution in [0.3, 0.4) is 0 Å². The Hall–Kier alpha value is -0.570. The number of likely N-dealkylation sites (N-methyl/N-ethyl adjacent to an activating group) is 1. The van der Waals surface area contributed by atoms with Crippen molar-refractivity contribution in [3.63, 3.8) is 0 Å². The molecule has 2 aliphatic rings. The van der Waals surface area contributed by atoms with Crippen molar-refractivity contribution in [3.8, 4) is 0 Å². The first-order chi connectivity index (χ1) is 7.86. The van der Waals surface area contributed by atoms with E-state index in [1.807, 2.05) is 0 Å². The molecule has 2 aliphatic heterocycles. The van der Waals surface area contributed by atoms with Gasteiger partial charge in [-0.15, -0.1) is 0 Å². The standard InChI is InChI=1S/C13H25N3/c1-3-15(4-2)12-8-5-6-10-16-11-7-9-14-13(12)16/h12H,3-11H2,1-2H3. The van der Waals surface area contributed by atoms with E-state index in [2.05, 4.69) is 23.6 Å². The maximum atomic E-state index is 4.81. The predicted molar refractivity (Wildman–Crippen MR) is 69.1 cm³/mol. The highest BCUT2D eigenvalue weighted by atomic mass is 15.3. The number of hydrogen-bond acceptors (Lipinski definition) is 3. The van der Waals surface area contributed by atoms with Crippen LogP contribution in [-0.2, 0) is 0 Å². The average Bonchev–Trinajstić information content (AvgIpc) is 2.54. The van der Waals surface area contributed by atoms with Gasteiger partial charge in [-0.25, -0.2) is 0 Å². The second-order valence-electron chi connectivity index (χ2n) is 4.81. The minimum Gasteiger partial charge on any atom is -0.359 e. The molecule has 0 aromatic heterocycles. The van der Waals surface area contributed by atoms with Crippen molar-refractivity contribution in [1.82, 2.24) is 9.80 Å². The van der Waals surface area contributed by atoms with Crippen molar-refractivity contribution < 1.29 is 0 Å². The summed E-state index contributed by atoms with van der Waals surface area (Å²) in [5, 5.41) is 0. The monoisotopic (exact) mass is 223 g/mol. The van der Waals surface area contributed by atoms with E-state index in [1.54, 1.807) is 0 Å². The average molecular weight is 223 g/mol. The van der Waals surface area contributed by atoms with E-state index < -0.39 is 0 Å². The van der Waals surface area contributed by atoms with Gasteiger partial charge in [-0.1, -0.05) is 13.8 Å². The van der Waals surface area contributed by atoms with Crippen molar-refractivity contribution >= 4 is 5.84 Å². The third-order valence-corrected chi connectivity index (χ3v) is 3.89. The molecule has 0 saturated carbocycles. The summed E-state index contributed by atoms with van der Waals surface area (Å²) in [7, 11) is 0. The van der Waals surface area contributed by atoms with E-state index in [4.69, 9.17) is 4.99 Å². The SMILES string of the molecule is CCN(CC)C1CCCCN2CCCN=C12. The number of nitrogens with zero attached hydrogens (tertiary/aromatic N) is 3. The summed E-state index contributed by atoms with van der Waals surface area (Å²) in [5.41, 5.74) is 0. The van der Waals surface area contributed by atoms with Crippen LogP contribution in [0.15, 0.2) is 4.99 Å². The van der Waals surface area contributed by atoms with Crippen molar-refractivity contribution in [2.75, 3.05) is 32.7 Å². The summed E-state index contributed by atoms with van der Waals surface area (Å²) >= 11 is 0. The van der Waals surface area contributed by atoms with Gasteiger partial charge >= 0.3 is 0 Å². The van der Waals surface area contributed by atoms with Crippen molar-refractivity contribution in [2.45, 2.75) is 45.6 Å². The van der Waals surface area contributed by atoms with Gasteiger partial charge in [0.2, 0.25) is 0 Å². The van der Waals surface area contributed by atoms with E-state index in [1.165, 1.54) is 44.6 Å². The molecule has 3 nitrogen and oxygen atoms in total. The molecule has 0 aliphatic carbocycles. The Morgan fingerprint density at radius 2 is 1.94 bits per heavy atom. The molecule has 1 fully saturated rings. The van der Waals surface area contributed by atoms with Crippen LogP contribution in [0.1, 0.15) is 39.5 Å². The largest absolute Gasteiger partial charge is 0.359 e. The third-order valence-electron chi connectivity index (χ3n) is 3.89. The van der Waals surface area contributed by atoms with Crippen LogP contribution in [-0.4, -0.2) is 54.4 Å². The number of amidine groups is 1. The summed E-state index contributed by atoms with van der Waals surface area (Å²) in [6, 6.07) is 0.595. The van der Waals surface area contributed by atoms with Gasteiger partial charge in [0, 0.05) is 19.6 Å². The van der Waals surface area contributed by atoms with Gasteiger partial charge in [-0.2, -0.15) is 0 Å². The molecule has 1 saturated heterocycles. The van der Waals surface area contributed by atoms with E-state index in [-0.39, 0.29) is 0 Å². The maximum absolute atomic E-state index is 4.81. The quantitative estimate of drug-likeness (QED) is 0.728. The van der Waals surface area contributed by atoms with Gasteiger partial charge in [-0.3, -0.25) is 9.89 Å². The topological polar surface area (TPSA) is 18.8 Å². The normalized spacial score (nSPS) is 26.3. The van der Waals surface area contributed by atoms with Crippen molar-refractivity contribution in [2.24, 2.45) is 4.99 Å². The van der Waals surface area contributed by atoms with Gasteiger partial charge in [0.15, 0.2) is 0 Å². The van der Waals surface area contributed by atoms with Crippen LogP contribution in [0, 0.1) is 0 Å². The molecule has 1 unspecified atom stereocenters. The smallest absolute Gasteiger partial charge is 0.116 e. The minimum absolute atomic E-state index is 0.595. The summed E-state index contributed by atoms with van der Waals surface area (Å²) in [5.74, 6) is 1.40. The molecule has 0 aromatic rings. The zero-order chi connectivity index (χ0) is 11.4. The van der Waals surface area contributed by atoms with E-state index in [0.717, 1.165) is 19.6 Å². The Labute approximate surface area is 99.5 Å². The van der Waals surface area contributed by atoms with Crippen molar-refractivity contribution in [3.05, 3.63) is 0 Å². The molecule has 1 atom stereocenters. The molecular formula is C13H25N3. The highest BCUT2D eigenvalue weighted by molar-refractivity contribution is 5.88. The Balaban J connectivity index is 2.16. The molecule has 16 heavy (non-hydrogen) atoms. The molecule has 92 valence electrons. The summed E-state index contributed by atoms with van der Waals surface area (Å²) in [6.07, 6.45) is 5.25. The first-order valence-electron chi connectivity index (χ1n) is 6.90. The fourth-order valence-electron chi connectivity index (χ4n) is 2.99. The lowest BCUT2D eigenvalue weighted by molar-refractivity contribution is 0.244. The molecule has 3 heteroatoms. The molecule has 0 amide bonds. The second kappa shape index (κ2) is 5.67. The van der Waals surface area contributed by atoms with Gasteiger partial charge in [-0.05, 0) is 38.8 Å². The molecule has 0 aromatic carbocycles. The zero-order valence-corrected chi connectivity index (χ0v) is 10.8. The summed E-state index contributed by atoms with van der Waals surface area (Å²) in [4.78, 5) is 9.92. The van der Waals surface area contributed by atoms with Gasteiger partial charge in [0.1, 0.15) is 5.84 Å². The Morgan fingerprint density at radius 1 is 1.19 bits per heavy atom. The van der Waals surface area contributed by atoms with Gasteiger partial charge < -0.3 is 4.90 Å². The maximum Gasteiger partial charge on any atom is 0.116 e. The molecule has 0 spiro atoms. The number of fused-ring (bicyclic) bond motifs is 1. The number of rotatable bonds is 3. The fraction of sp³-hybridized carbons (Fsp3) is 0.923. The second-order valence-corrected chi connectivity index (χ2v) is 4.81. The fourth-order valence-corrected chi connectivity index (χ4v) is 2.99. The predicted octanol–water partition coefficient (Wildman–Crippen LogP) is 1.98. The van der Waals surface area contributed by atoms with Crippen LogP contribution in [0.4, 0.5) is 0 Å². The highest BCUT2D eigenvalue weighted by Crippen LogP contribution is 2.20. The van der Waals surface area contributed by atoms with Crippen molar-refractivity contribution in [1.29, 1.82) is 0 Å².